The van der Waals surface area contributed by atoms with E-state index in [1.54, 1.807) is 25.1 Å². The Bertz CT molecular complexity index is 737. The van der Waals surface area contributed by atoms with Crippen molar-refractivity contribution in [3.8, 4) is 6.07 Å². The summed E-state index contributed by atoms with van der Waals surface area (Å²) in [6.07, 6.45) is 0. The van der Waals surface area contributed by atoms with E-state index in [-0.39, 0.29) is 11.3 Å². The smallest absolute Gasteiger partial charge is 0.257 e. The number of hydrazine groups is 1. The number of para-hydroxylation sites is 1. The summed E-state index contributed by atoms with van der Waals surface area (Å²) in [5.74, 6) is 4.11. The lowest BCUT2D eigenvalue weighted by Gasteiger charge is -2.12. The molecule has 0 heterocycles. The summed E-state index contributed by atoms with van der Waals surface area (Å²) in [7, 11) is 0. The maximum absolute atomic E-state index is 13.6. The third-order valence-corrected chi connectivity index (χ3v) is 3.02. The Morgan fingerprint density at radius 3 is 2.76 bits per heavy atom. The maximum atomic E-state index is 13.6. The van der Waals surface area contributed by atoms with Crippen LogP contribution in [0.1, 0.15) is 21.5 Å². The number of nitrogen functional groups attached to an aromatic ring is 1. The van der Waals surface area contributed by atoms with Gasteiger partial charge in [0, 0.05) is 5.69 Å². The number of carbonyl (C=O) groups is 1. The van der Waals surface area contributed by atoms with Gasteiger partial charge in [-0.25, -0.2) is 4.39 Å². The van der Waals surface area contributed by atoms with Gasteiger partial charge in [-0.2, -0.15) is 5.26 Å². The van der Waals surface area contributed by atoms with Gasteiger partial charge in [-0.1, -0.05) is 12.1 Å². The first-order valence-corrected chi connectivity index (χ1v) is 6.14. The predicted molar refractivity (Wildman–Crippen MR) is 78.1 cm³/mol. The number of anilines is 2. The van der Waals surface area contributed by atoms with Crippen molar-refractivity contribution in [1.29, 1.82) is 5.26 Å². The number of nitrogens with one attached hydrogen (secondary N) is 2. The van der Waals surface area contributed by atoms with Crippen LogP contribution >= 0.6 is 0 Å². The fourth-order valence-electron chi connectivity index (χ4n) is 1.88. The Labute approximate surface area is 121 Å². The van der Waals surface area contributed by atoms with Crippen LogP contribution in [0.4, 0.5) is 15.8 Å². The molecule has 2 aromatic carbocycles. The zero-order valence-corrected chi connectivity index (χ0v) is 11.3. The molecule has 0 saturated heterocycles. The van der Waals surface area contributed by atoms with Crippen LogP contribution in [0.5, 0.6) is 0 Å². The quantitative estimate of drug-likeness (QED) is 0.596. The Balaban J connectivity index is 2.35. The predicted octanol–water partition coefficient (Wildman–Crippen LogP) is 2.54. The topological polar surface area (TPSA) is 90.9 Å². The van der Waals surface area contributed by atoms with E-state index in [2.05, 4.69) is 10.7 Å². The molecular formula is C15H13FN4O. The molecule has 106 valence electrons. The Morgan fingerprint density at radius 1 is 1.33 bits per heavy atom. The second kappa shape index (κ2) is 6.03. The summed E-state index contributed by atoms with van der Waals surface area (Å²) < 4.78 is 13.6. The van der Waals surface area contributed by atoms with E-state index in [1.165, 1.54) is 18.2 Å². The van der Waals surface area contributed by atoms with E-state index in [9.17, 15) is 9.18 Å². The van der Waals surface area contributed by atoms with Gasteiger partial charge in [-0.15, -0.1) is 0 Å². The first kappa shape index (κ1) is 14.5. The number of hydrogen-bond acceptors (Lipinski definition) is 4. The molecule has 0 aliphatic carbocycles. The van der Waals surface area contributed by atoms with Crippen LogP contribution in [0.15, 0.2) is 36.4 Å². The number of rotatable bonds is 3. The molecule has 0 atom stereocenters. The summed E-state index contributed by atoms with van der Waals surface area (Å²) in [4.78, 5) is 12.2. The first-order chi connectivity index (χ1) is 10.1. The highest BCUT2D eigenvalue weighted by Gasteiger charge is 2.15. The van der Waals surface area contributed by atoms with Crippen molar-refractivity contribution in [1.82, 2.24) is 0 Å². The third kappa shape index (κ3) is 2.99. The van der Waals surface area contributed by atoms with Crippen molar-refractivity contribution in [3.63, 3.8) is 0 Å². The van der Waals surface area contributed by atoms with Crippen molar-refractivity contribution in [2.24, 2.45) is 5.84 Å². The number of amides is 1. The largest absolute Gasteiger partial charge is 0.322 e. The number of benzene rings is 2. The van der Waals surface area contributed by atoms with Gasteiger partial charge in [-0.05, 0) is 36.8 Å². The molecule has 5 nitrogen and oxygen atoms in total. The minimum atomic E-state index is -0.618. The van der Waals surface area contributed by atoms with Crippen LogP contribution in [0.3, 0.4) is 0 Å². The second-order valence-corrected chi connectivity index (χ2v) is 4.40. The minimum absolute atomic E-state index is 0.0795. The fraction of sp³-hybridized carbons (Fsp3) is 0.0667. The molecule has 0 saturated carbocycles. The van der Waals surface area contributed by atoms with Crippen molar-refractivity contribution < 1.29 is 9.18 Å². The number of halogens is 1. The van der Waals surface area contributed by atoms with Crippen molar-refractivity contribution >= 4 is 17.3 Å². The van der Waals surface area contributed by atoms with E-state index in [0.29, 0.717) is 11.3 Å². The van der Waals surface area contributed by atoms with Crippen LogP contribution in [0.25, 0.3) is 0 Å². The molecule has 1 amide bonds. The molecule has 2 rings (SSSR count). The number of aryl methyl sites for hydroxylation is 1. The first-order valence-electron chi connectivity index (χ1n) is 6.14. The number of nitrogens with two attached hydrogens (primary N) is 1. The molecule has 0 radical (unpaired) electrons. The molecule has 0 unspecified atom stereocenters. The van der Waals surface area contributed by atoms with Gasteiger partial charge < -0.3 is 10.7 Å². The van der Waals surface area contributed by atoms with Crippen molar-refractivity contribution in [2.75, 3.05) is 10.7 Å². The van der Waals surface area contributed by atoms with Gasteiger partial charge in [0.05, 0.1) is 22.9 Å². The molecular weight excluding hydrogens is 271 g/mol. The summed E-state index contributed by atoms with van der Waals surface area (Å²) in [5, 5.41) is 11.5. The lowest BCUT2D eigenvalue weighted by Crippen LogP contribution is -2.18. The Kier molecular flexibility index (Phi) is 4.16. The molecule has 2 aromatic rings. The SMILES string of the molecule is Cc1ccc(C#N)cc1NC(=O)c1cccc(F)c1NN. The zero-order chi connectivity index (χ0) is 15.4. The van der Waals surface area contributed by atoms with E-state index >= 15 is 0 Å². The highest BCUT2D eigenvalue weighted by Crippen LogP contribution is 2.22. The van der Waals surface area contributed by atoms with Gasteiger partial charge >= 0.3 is 0 Å². The fourth-order valence-corrected chi connectivity index (χ4v) is 1.88. The number of nitrogens with zero attached hydrogens (tertiary/aromatic N) is 1. The average molecular weight is 284 g/mol. The monoisotopic (exact) mass is 284 g/mol. The summed E-state index contributed by atoms with van der Waals surface area (Å²) in [6, 6.07) is 11.0. The molecule has 0 aliphatic heterocycles. The third-order valence-electron chi connectivity index (χ3n) is 3.02. The molecule has 0 aromatic heterocycles. The molecule has 4 N–H and O–H groups in total. The van der Waals surface area contributed by atoms with E-state index in [0.717, 1.165) is 5.56 Å². The van der Waals surface area contributed by atoms with E-state index < -0.39 is 11.7 Å². The van der Waals surface area contributed by atoms with Gasteiger partial charge in [0.15, 0.2) is 0 Å². The van der Waals surface area contributed by atoms with Crippen LogP contribution < -0.4 is 16.6 Å². The van der Waals surface area contributed by atoms with Crippen LogP contribution in [0.2, 0.25) is 0 Å². The molecule has 0 bridgehead atoms. The molecule has 0 fully saturated rings. The zero-order valence-electron chi connectivity index (χ0n) is 11.3. The number of nitriles is 1. The van der Waals surface area contributed by atoms with Gasteiger partial charge in [0.2, 0.25) is 0 Å². The molecule has 6 heteroatoms. The molecule has 0 spiro atoms. The Hall–Kier alpha value is -2.91. The lowest BCUT2D eigenvalue weighted by molar-refractivity contribution is 0.102. The van der Waals surface area contributed by atoms with Crippen molar-refractivity contribution in [2.45, 2.75) is 6.92 Å². The number of carbonyl (C=O) groups excluding carboxylic acids is 1. The highest BCUT2D eigenvalue weighted by molar-refractivity contribution is 6.08. The van der Waals surface area contributed by atoms with Gasteiger partial charge in [0.1, 0.15) is 5.82 Å². The van der Waals surface area contributed by atoms with Gasteiger partial charge in [-0.3, -0.25) is 10.6 Å². The van der Waals surface area contributed by atoms with Crippen molar-refractivity contribution in [3.05, 3.63) is 58.9 Å². The normalized spacial score (nSPS) is 9.81. The highest BCUT2D eigenvalue weighted by atomic mass is 19.1. The molecule has 21 heavy (non-hydrogen) atoms. The van der Waals surface area contributed by atoms with Crippen LogP contribution in [-0.2, 0) is 0 Å². The minimum Gasteiger partial charge on any atom is -0.322 e. The lowest BCUT2D eigenvalue weighted by atomic mass is 10.1. The molecule has 0 aliphatic rings. The van der Waals surface area contributed by atoms with E-state index in [4.69, 9.17) is 11.1 Å². The summed E-state index contributed by atoms with van der Waals surface area (Å²) in [6.45, 7) is 1.80. The van der Waals surface area contributed by atoms with E-state index in [1.807, 2.05) is 6.07 Å². The summed E-state index contributed by atoms with van der Waals surface area (Å²) >= 11 is 0. The van der Waals surface area contributed by atoms with Crippen LogP contribution in [0, 0.1) is 24.1 Å². The Morgan fingerprint density at radius 2 is 2.10 bits per heavy atom. The average Bonchev–Trinajstić information content (AvgIpc) is 2.49. The van der Waals surface area contributed by atoms with Crippen LogP contribution in [-0.4, -0.2) is 5.91 Å². The standard InChI is InChI=1S/C15H13FN4O/c1-9-5-6-10(8-17)7-13(9)19-15(21)11-3-2-4-12(16)14(11)20-18/h2-7,20H,18H2,1H3,(H,19,21). The second-order valence-electron chi connectivity index (χ2n) is 4.40. The summed E-state index contributed by atoms with van der Waals surface area (Å²) in [5.41, 5.74) is 3.89. The van der Waals surface area contributed by atoms with Gasteiger partial charge in [0.25, 0.3) is 5.91 Å². The maximum Gasteiger partial charge on any atom is 0.257 e. The number of hydrogen-bond donors (Lipinski definition) is 3.